The molecular formula is C13H13BrN6. The SMILES string of the molecule is CC(C)c1cc(Br)ccc1NC=C(C#N)c1nn[nH]n1. The average Bonchev–Trinajstić information content (AvgIpc) is 2.94. The van der Waals surface area contributed by atoms with Crippen LogP contribution in [-0.4, -0.2) is 20.6 Å². The minimum atomic E-state index is 0.267. The molecule has 0 bridgehead atoms. The van der Waals surface area contributed by atoms with Crippen molar-refractivity contribution in [3.05, 3.63) is 40.3 Å². The predicted octanol–water partition coefficient (Wildman–Crippen LogP) is 3.06. The highest BCUT2D eigenvalue weighted by Gasteiger charge is 2.09. The van der Waals surface area contributed by atoms with E-state index in [0.29, 0.717) is 11.5 Å². The summed E-state index contributed by atoms with van der Waals surface area (Å²) in [7, 11) is 0. The number of nitrogens with one attached hydrogen (secondary N) is 2. The molecule has 7 heteroatoms. The van der Waals surface area contributed by atoms with E-state index in [4.69, 9.17) is 5.26 Å². The van der Waals surface area contributed by atoms with Crippen molar-refractivity contribution in [2.45, 2.75) is 19.8 Å². The number of allylic oxidation sites excluding steroid dienone is 1. The van der Waals surface area contributed by atoms with Crippen molar-refractivity contribution in [3.63, 3.8) is 0 Å². The molecule has 2 aromatic rings. The number of H-pyrrole nitrogens is 1. The topological polar surface area (TPSA) is 90.3 Å². The number of nitriles is 1. The number of hydrogen-bond donors (Lipinski definition) is 2. The summed E-state index contributed by atoms with van der Waals surface area (Å²) in [5.41, 5.74) is 2.41. The number of tetrazole rings is 1. The molecule has 1 aromatic carbocycles. The molecule has 0 spiro atoms. The molecule has 0 aliphatic heterocycles. The number of halogens is 1. The summed E-state index contributed by atoms with van der Waals surface area (Å²) in [5.74, 6) is 0.627. The van der Waals surface area contributed by atoms with Gasteiger partial charge in [0.1, 0.15) is 11.6 Å². The second kappa shape index (κ2) is 6.30. The van der Waals surface area contributed by atoms with Gasteiger partial charge in [-0.05, 0) is 34.9 Å². The van der Waals surface area contributed by atoms with Crippen LogP contribution in [0.4, 0.5) is 5.69 Å². The van der Waals surface area contributed by atoms with Gasteiger partial charge >= 0.3 is 0 Å². The summed E-state index contributed by atoms with van der Waals surface area (Å²) in [5, 5.41) is 25.6. The summed E-state index contributed by atoms with van der Waals surface area (Å²) in [4.78, 5) is 0. The maximum absolute atomic E-state index is 9.11. The van der Waals surface area contributed by atoms with E-state index in [9.17, 15) is 0 Å². The van der Waals surface area contributed by atoms with Crippen molar-refractivity contribution in [1.29, 1.82) is 5.26 Å². The molecule has 1 aromatic heterocycles. The number of aromatic nitrogens is 4. The lowest BCUT2D eigenvalue weighted by atomic mass is 10.0. The summed E-state index contributed by atoms with van der Waals surface area (Å²) < 4.78 is 1.02. The summed E-state index contributed by atoms with van der Waals surface area (Å²) in [6, 6.07) is 8.00. The molecule has 0 atom stereocenters. The Balaban J connectivity index is 2.29. The van der Waals surface area contributed by atoms with Gasteiger partial charge in [0.25, 0.3) is 0 Å². The molecule has 102 valence electrons. The summed E-state index contributed by atoms with van der Waals surface area (Å²) in [6.07, 6.45) is 1.58. The van der Waals surface area contributed by atoms with E-state index in [1.807, 2.05) is 18.2 Å². The van der Waals surface area contributed by atoms with Gasteiger partial charge in [0.05, 0.1) is 0 Å². The molecule has 0 amide bonds. The second-order valence-corrected chi connectivity index (χ2v) is 5.35. The molecule has 0 unspecified atom stereocenters. The van der Waals surface area contributed by atoms with Gasteiger partial charge in [-0.25, -0.2) is 0 Å². The maximum Gasteiger partial charge on any atom is 0.216 e. The van der Waals surface area contributed by atoms with Crippen molar-refractivity contribution in [2.24, 2.45) is 0 Å². The Kier molecular flexibility index (Phi) is 4.48. The summed E-state index contributed by atoms with van der Waals surface area (Å²) >= 11 is 3.46. The molecule has 6 nitrogen and oxygen atoms in total. The van der Waals surface area contributed by atoms with Crippen LogP contribution in [0.15, 0.2) is 28.9 Å². The van der Waals surface area contributed by atoms with Gasteiger partial charge in [0.15, 0.2) is 0 Å². The Bertz CT molecular complexity index is 654. The van der Waals surface area contributed by atoms with Gasteiger partial charge in [-0.2, -0.15) is 10.5 Å². The molecule has 0 radical (unpaired) electrons. The van der Waals surface area contributed by atoms with E-state index in [1.54, 1.807) is 6.20 Å². The average molecular weight is 333 g/mol. The van der Waals surface area contributed by atoms with Crippen LogP contribution in [0.3, 0.4) is 0 Å². The zero-order valence-electron chi connectivity index (χ0n) is 11.1. The molecular weight excluding hydrogens is 320 g/mol. The third-order valence-corrected chi connectivity index (χ3v) is 3.21. The molecule has 0 saturated heterocycles. The number of rotatable bonds is 4. The Hall–Kier alpha value is -2.20. The molecule has 0 aliphatic carbocycles. The highest BCUT2D eigenvalue weighted by Crippen LogP contribution is 2.28. The Labute approximate surface area is 125 Å². The van der Waals surface area contributed by atoms with E-state index >= 15 is 0 Å². The van der Waals surface area contributed by atoms with Crippen LogP contribution in [0, 0.1) is 11.3 Å². The normalized spacial score (nSPS) is 11.4. The quantitative estimate of drug-likeness (QED) is 0.839. The molecule has 0 aliphatic rings. The minimum absolute atomic E-state index is 0.267. The molecule has 2 N–H and O–H groups in total. The molecule has 0 saturated carbocycles. The smallest absolute Gasteiger partial charge is 0.216 e. The zero-order valence-corrected chi connectivity index (χ0v) is 12.6. The van der Waals surface area contributed by atoms with Crippen LogP contribution in [0.25, 0.3) is 5.57 Å². The van der Waals surface area contributed by atoms with E-state index in [-0.39, 0.29) is 5.82 Å². The van der Waals surface area contributed by atoms with E-state index < -0.39 is 0 Å². The third kappa shape index (κ3) is 3.22. The lowest BCUT2D eigenvalue weighted by molar-refractivity contribution is 0.868. The van der Waals surface area contributed by atoms with Crippen molar-refractivity contribution in [3.8, 4) is 6.07 Å². The second-order valence-electron chi connectivity index (χ2n) is 4.44. The lowest BCUT2D eigenvalue weighted by Crippen LogP contribution is -1.98. The largest absolute Gasteiger partial charge is 0.360 e. The first-order valence-electron chi connectivity index (χ1n) is 6.02. The van der Waals surface area contributed by atoms with Gasteiger partial charge in [-0.1, -0.05) is 29.8 Å². The van der Waals surface area contributed by atoms with Gasteiger partial charge in [-0.15, -0.1) is 10.2 Å². The predicted molar refractivity (Wildman–Crippen MR) is 79.6 cm³/mol. The minimum Gasteiger partial charge on any atom is -0.360 e. The van der Waals surface area contributed by atoms with E-state index in [1.165, 1.54) is 0 Å². The van der Waals surface area contributed by atoms with Crippen LogP contribution in [-0.2, 0) is 0 Å². The summed E-state index contributed by atoms with van der Waals surface area (Å²) in [6.45, 7) is 4.22. The lowest BCUT2D eigenvalue weighted by Gasteiger charge is -2.13. The van der Waals surface area contributed by atoms with Crippen molar-refractivity contribution in [2.75, 3.05) is 5.32 Å². The van der Waals surface area contributed by atoms with Crippen LogP contribution >= 0.6 is 15.9 Å². The van der Waals surface area contributed by atoms with E-state index in [2.05, 4.69) is 61.8 Å². The highest BCUT2D eigenvalue weighted by molar-refractivity contribution is 9.10. The van der Waals surface area contributed by atoms with Gasteiger partial charge < -0.3 is 5.32 Å². The van der Waals surface area contributed by atoms with E-state index in [0.717, 1.165) is 15.7 Å². The van der Waals surface area contributed by atoms with Crippen LogP contribution < -0.4 is 5.32 Å². The fourth-order valence-electron chi connectivity index (χ4n) is 1.72. The van der Waals surface area contributed by atoms with Crippen LogP contribution in [0.1, 0.15) is 31.2 Å². The first-order valence-corrected chi connectivity index (χ1v) is 6.81. The van der Waals surface area contributed by atoms with Gasteiger partial charge in [-0.3, -0.25) is 0 Å². The maximum atomic E-state index is 9.11. The number of aromatic amines is 1. The Morgan fingerprint density at radius 2 is 2.30 bits per heavy atom. The van der Waals surface area contributed by atoms with Crippen molar-refractivity contribution >= 4 is 27.2 Å². The fourth-order valence-corrected chi connectivity index (χ4v) is 2.09. The third-order valence-electron chi connectivity index (χ3n) is 2.71. The number of benzene rings is 1. The van der Waals surface area contributed by atoms with Crippen LogP contribution in [0.5, 0.6) is 0 Å². The van der Waals surface area contributed by atoms with Gasteiger partial charge in [0, 0.05) is 16.4 Å². The number of nitrogens with zero attached hydrogens (tertiary/aromatic N) is 4. The first-order chi connectivity index (χ1) is 9.61. The molecule has 0 fully saturated rings. The van der Waals surface area contributed by atoms with Crippen LogP contribution in [0.2, 0.25) is 0 Å². The monoisotopic (exact) mass is 332 g/mol. The van der Waals surface area contributed by atoms with Crippen molar-refractivity contribution in [1.82, 2.24) is 20.6 Å². The molecule has 20 heavy (non-hydrogen) atoms. The Morgan fingerprint density at radius 3 is 2.90 bits per heavy atom. The zero-order chi connectivity index (χ0) is 14.5. The first kappa shape index (κ1) is 14.2. The highest BCUT2D eigenvalue weighted by atomic mass is 79.9. The van der Waals surface area contributed by atoms with Gasteiger partial charge in [0.2, 0.25) is 5.82 Å². The molecule has 2 rings (SSSR count). The number of anilines is 1. The standard InChI is InChI=1S/C13H13BrN6/c1-8(2)11-5-10(14)3-4-12(11)16-7-9(6-15)13-17-19-20-18-13/h3-5,7-8,16H,1-2H3,(H,17,18,19,20). The molecule has 1 heterocycles. The number of hydrogen-bond acceptors (Lipinski definition) is 5. The van der Waals surface area contributed by atoms with Crippen molar-refractivity contribution < 1.29 is 0 Å². The Morgan fingerprint density at radius 1 is 1.50 bits per heavy atom. The fraction of sp³-hybridized carbons (Fsp3) is 0.231.